The Kier molecular flexibility index (Phi) is 3.73. The molecular formula is C11H9BrO2. The van der Waals surface area contributed by atoms with Gasteiger partial charge in [-0.05, 0) is 24.6 Å². The fourth-order valence-electron chi connectivity index (χ4n) is 0.944. The van der Waals surface area contributed by atoms with Crippen LogP contribution in [0.1, 0.15) is 17.5 Å². The second kappa shape index (κ2) is 4.83. The van der Waals surface area contributed by atoms with E-state index in [1.807, 2.05) is 25.1 Å². The van der Waals surface area contributed by atoms with Crippen molar-refractivity contribution in [2.24, 2.45) is 0 Å². The van der Waals surface area contributed by atoms with Gasteiger partial charge in [0.15, 0.2) is 0 Å². The van der Waals surface area contributed by atoms with E-state index in [2.05, 4.69) is 27.8 Å². The summed E-state index contributed by atoms with van der Waals surface area (Å²) >= 11 is 3.33. The Labute approximate surface area is 91.1 Å². The van der Waals surface area contributed by atoms with Crippen LogP contribution in [0.5, 0.6) is 0 Å². The maximum atomic E-state index is 10.2. The van der Waals surface area contributed by atoms with Gasteiger partial charge in [-0.2, -0.15) is 0 Å². The summed E-state index contributed by atoms with van der Waals surface area (Å²) < 4.78 is 0.947. The van der Waals surface area contributed by atoms with Crippen LogP contribution in [0.2, 0.25) is 0 Å². The summed E-state index contributed by atoms with van der Waals surface area (Å²) in [6, 6.07) is 5.75. The number of carboxylic acids is 1. The molecule has 1 rings (SSSR count). The van der Waals surface area contributed by atoms with Gasteiger partial charge in [0.25, 0.3) is 0 Å². The molecule has 1 aromatic carbocycles. The van der Waals surface area contributed by atoms with E-state index in [1.54, 1.807) is 0 Å². The van der Waals surface area contributed by atoms with E-state index in [9.17, 15) is 4.79 Å². The molecule has 0 atom stereocenters. The van der Waals surface area contributed by atoms with Gasteiger partial charge in [-0.1, -0.05) is 33.8 Å². The Morgan fingerprint density at radius 2 is 2.29 bits per heavy atom. The van der Waals surface area contributed by atoms with Crippen molar-refractivity contribution in [2.45, 2.75) is 13.3 Å². The minimum atomic E-state index is -0.898. The maximum Gasteiger partial charge on any atom is 0.315 e. The van der Waals surface area contributed by atoms with Crippen molar-refractivity contribution in [3.8, 4) is 11.8 Å². The number of carbonyl (C=O) groups is 1. The molecule has 0 bridgehead atoms. The third-order valence-electron chi connectivity index (χ3n) is 1.66. The van der Waals surface area contributed by atoms with Crippen LogP contribution in [0, 0.1) is 18.8 Å². The molecule has 0 aliphatic heterocycles. The molecule has 0 aliphatic rings. The fourth-order valence-corrected chi connectivity index (χ4v) is 1.31. The van der Waals surface area contributed by atoms with Crippen molar-refractivity contribution in [2.75, 3.05) is 0 Å². The normalized spacial score (nSPS) is 9.00. The van der Waals surface area contributed by atoms with Crippen molar-refractivity contribution in [3.63, 3.8) is 0 Å². The standard InChI is InChI=1S/C11H9BrO2/c1-8-5-6-10(12)7-9(8)3-2-4-11(13)14/h5-7H,4H2,1H3,(H,13,14). The fraction of sp³-hybridized carbons (Fsp3) is 0.182. The number of halogens is 1. The van der Waals surface area contributed by atoms with E-state index in [-0.39, 0.29) is 6.42 Å². The average molecular weight is 253 g/mol. The van der Waals surface area contributed by atoms with Crippen LogP contribution in [-0.2, 0) is 4.79 Å². The highest BCUT2D eigenvalue weighted by atomic mass is 79.9. The molecule has 0 amide bonds. The molecule has 0 aromatic heterocycles. The average Bonchev–Trinajstić information content (AvgIpc) is 2.10. The smallest absolute Gasteiger partial charge is 0.315 e. The molecule has 0 fully saturated rings. The lowest BCUT2D eigenvalue weighted by Gasteiger charge is -1.97. The maximum absolute atomic E-state index is 10.2. The Morgan fingerprint density at radius 1 is 1.57 bits per heavy atom. The Hall–Kier alpha value is -1.27. The van der Waals surface area contributed by atoms with Crippen LogP contribution >= 0.6 is 15.9 Å². The van der Waals surface area contributed by atoms with Gasteiger partial charge in [0, 0.05) is 10.0 Å². The molecule has 0 saturated heterocycles. The Morgan fingerprint density at radius 3 is 2.93 bits per heavy atom. The summed E-state index contributed by atoms with van der Waals surface area (Å²) in [6.45, 7) is 1.94. The van der Waals surface area contributed by atoms with Gasteiger partial charge < -0.3 is 5.11 Å². The van der Waals surface area contributed by atoms with Crippen LogP contribution < -0.4 is 0 Å². The minimum absolute atomic E-state index is 0.119. The molecular weight excluding hydrogens is 244 g/mol. The molecule has 0 saturated carbocycles. The van der Waals surface area contributed by atoms with Crippen molar-refractivity contribution >= 4 is 21.9 Å². The van der Waals surface area contributed by atoms with Crippen LogP contribution in [0.3, 0.4) is 0 Å². The van der Waals surface area contributed by atoms with Gasteiger partial charge >= 0.3 is 5.97 Å². The van der Waals surface area contributed by atoms with Gasteiger partial charge in [0.1, 0.15) is 6.42 Å². The lowest BCUT2D eigenvalue weighted by Crippen LogP contribution is -1.90. The molecule has 72 valence electrons. The molecule has 2 nitrogen and oxygen atoms in total. The zero-order chi connectivity index (χ0) is 10.6. The number of carboxylic acid groups (broad SMARTS) is 1. The second-order valence-electron chi connectivity index (χ2n) is 2.83. The van der Waals surface area contributed by atoms with Crippen molar-refractivity contribution in [1.29, 1.82) is 0 Å². The number of benzene rings is 1. The SMILES string of the molecule is Cc1ccc(Br)cc1C#CCC(=O)O. The van der Waals surface area contributed by atoms with Gasteiger partial charge in [-0.25, -0.2) is 0 Å². The summed E-state index contributed by atoms with van der Waals surface area (Å²) in [6.07, 6.45) is -0.119. The van der Waals surface area contributed by atoms with Crippen LogP contribution in [0.25, 0.3) is 0 Å². The highest BCUT2D eigenvalue weighted by Gasteiger charge is 1.95. The largest absolute Gasteiger partial charge is 0.481 e. The summed E-state index contributed by atoms with van der Waals surface area (Å²) in [7, 11) is 0. The summed E-state index contributed by atoms with van der Waals surface area (Å²) in [4.78, 5) is 10.2. The number of aryl methyl sites for hydroxylation is 1. The minimum Gasteiger partial charge on any atom is -0.481 e. The van der Waals surface area contributed by atoms with E-state index < -0.39 is 5.97 Å². The summed E-state index contributed by atoms with van der Waals surface area (Å²) in [5.41, 5.74) is 1.91. The van der Waals surface area contributed by atoms with E-state index in [4.69, 9.17) is 5.11 Å². The van der Waals surface area contributed by atoms with E-state index in [0.29, 0.717) is 0 Å². The third kappa shape index (κ3) is 3.23. The molecule has 3 heteroatoms. The molecule has 0 aliphatic carbocycles. The van der Waals surface area contributed by atoms with Crippen molar-refractivity contribution in [3.05, 3.63) is 33.8 Å². The van der Waals surface area contributed by atoms with E-state index >= 15 is 0 Å². The van der Waals surface area contributed by atoms with Crippen molar-refractivity contribution < 1.29 is 9.90 Å². The van der Waals surface area contributed by atoms with Crippen LogP contribution in [0.4, 0.5) is 0 Å². The van der Waals surface area contributed by atoms with Gasteiger partial charge in [-0.15, -0.1) is 0 Å². The van der Waals surface area contributed by atoms with Crippen LogP contribution in [0.15, 0.2) is 22.7 Å². The topological polar surface area (TPSA) is 37.3 Å². The van der Waals surface area contributed by atoms with E-state index in [1.165, 1.54) is 0 Å². The number of hydrogen-bond donors (Lipinski definition) is 1. The van der Waals surface area contributed by atoms with Crippen LogP contribution in [-0.4, -0.2) is 11.1 Å². The second-order valence-corrected chi connectivity index (χ2v) is 3.75. The number of rotatable bonds is 1. The molecule has 1 N–H and O–H groups in total. The summed E-state index contributed by atoms with van der Waals surface area (Å²) in [5.74, 6) is 4.53. The van der Waals surface area contributed by atoms with Gasteiger partial charge in [0.2, 0.25) is 0 Å². The highest BCUT2D eigenvalue weighted by molar-refractivity contribution is 9.10. The first-order chi connectivity index (χ1) is 6.59. The quantitative estimate of drug-likeness (QED) is 0.781. The predicted molar refractivity (Wildman–Crippen MR) is 58.0 cm³/mol. The van der Waals surface area contributed by atoms with E-state index in [0.717, 1.165) is 15.6 Å². The molecule has 0 heterocycles. The predicted octanol–water partition coefficient (Wildman–Crippen LogP) is 2.58. The number of hydrogen-bond acceptors (Lipinski definition) is 1. The lowest BCUT2D eigenvalue weighted by molar-refractivity contribution is -0.135. The van der Waals surface area contributed by atoms with Crippen molar-refractivity contribution in [1.82, 2.24) is 0 Å². The lowest BCUT2D eigenvalue weighted by atomic mass is 10.1. The Balaban J connectivity index is 2.88. The molecule has 14 heavy (non-hydrogen) atoms. The first kappa shape index (κ1) is 10.8. The third-order valence-corrected chi connectivity index (χ3v) is 2.16. The van der Waals surface area contributed by atoms with Gasteiger partial charge in [-0.3, -0.25) is 4.79 Å². The Bertz CT molecular complexity index is 413. The zero-order valence-electron chi connectivity index (χ0n) is 7.67. The first-order valence-electron chi connectivity index (χ1n) is 4.06. The first-order valence-corrected chi connectivity index (χ1v) is 4.85. The number of aliphatic carboxylic acids is 1. The van der Waals surface area contributed by atoms with Gasteiger partial charge in [0.05, 0.1) is 0 Å². The zero-order valence-corrected chi connectivity index (χ0v) is 9.26. The molecule has 0 radical (unpaired) electrons. The molecule has 1 aromatic rings. The molecule has 0 spiro atoms. The highest BCUT2D eigenvalue weighted by Crippen LogP contribution is 2.14. The molecule has 0 unspecified atom stereocenters. The summed E-state index contributed by atoms with van der Waals surface area (Å²) in [5, 5.41) is 8.40. The monoisotopic (exact) mass is 252 g/mol.